The van der Waals surface area contributed by atoms with E-state index in [9.17, 15) is 14.0 Å². The van der Waals surface area contributed by atoms with E-state index in [-0.39, 0.29) is 17.2 Å². The molecule has 0 bridgehead atoms. The third-order valence-electron chi connectivity index (χ3n) is 4.20. The number of benzene rings is 3. The number of carbonyl (C=O) groups excluding carboxylic acids is 2. The average molecular weight is 440 g/mol. The Balaban J connectivity index is 1.54. The highest BCUT2D eigenvalue weighted by molar-refractivity contribution is 6.39. The molecule has 0 spiro atoms. The van der Waals surface area contributed by atoms with Crippen LogP contribution in [0.1, 0.15) is 16.7 Å². The first-order valence-corrected chi connectivity index (χ1v) is 9.67. The third-order valence-corrected chi connectivity index (χ3v) is 4.55. The third kappa shape index (κ3) is 6.38. The molecule has 0 aliphatic rings. The summed E-state index contributed by atoms with van der Waals surface area (Å²) in [5, 5.41) is 6.55. The van der Waals surface area contributed by atoms with E-state index >= 15 is 0 Å². The summed E-state index contributed by atoms with van der Waals surface area (Å²) < 4.78 is 19.4. The molecule has 0 saturated carbocycles. The van der Waals surface area contributed by atoms with Crippen LogP contribution in [0.2, 0.25) is 5.02 Å². The zero-order chi connectivity index (χ0) is 22.2. The van der Waals surface area contributed by atoms with Gasteiger partial charge in [-0.25, -0.2) is 9.82 Å². The molecule has 2 N–H and O–H groups in total. The highest BCUT2D eigenvalue weighted by atomic mass is 35.5. The van der Waals surface area contributed by atoms with Gasteiger partial charge in [0, 0.05) is 11.3 Å². The van der Waals surface area contributed by atoms with Crippen LogP contribution in [0.25, 0.3) is 0 Å². The second-order valence-electron chi connectivity index (χ2n) is 6.58. The van der Waals surface area contributed by atoms with E-state index in [1.54, 1.807) is 42.5 Å². The number of amides is 2. The molecular formula is C23H19ClFN3O3. The average Bonchev–Trinajstić information content (AvgIpc) is 2.75. The van der Waals surface area contributed by atoms with Gasteiger partial charge in [0.2, 0.25) is 0 Å². The molecular weight excluding hydrogens is 421 g/mol. The van der Waals surface area contributed by atoms with Crippen LogP contribution in [-0.4, -0.2) is 18.0 Å². The summed E-state index contributed by atoms with van der Waals surface area (Å²) in [5.74, 6) is -1.72. The Kier molecular flexibility index (Phi) is 7.35. The lowest BCUT2D eigenvalue weighted by atomic mass is 10.2. The highest BCUT2D eigenvalue weighted by Crippen LogP contribution is 2.21. The summed E-state index contributed by atoms with van der Waals surface area (Å²) in [5.41, 5.74) is 4.58. The van der Waals surface area contributed by atoms with E-state index in [0.717, 1.165) is 5.56 Å². The Labute approximate surface area is 183 Å². The van der Waals surface area contributed by atoms with Gasteiger partial charge in [0.25, 0.3) is 0 Å². The summed E-state index contributed by atoms with van der Waals surface area (Å²) in [4.78, 5) is 23.8. The van der Waals surface area contributed by atoms with Crippen molar-refractivity contribution in [2.45, 2.75) is 13.5 Å². The van der Waals surface area contributed by atoms with Crippen molar-refractivity contribution in [3.05, 3.63) is 94.3 Å². The molecule has 0 aliphatic heterocycles. The first-order chi connectivity index (χ1) is 14.9. The molecule has 8 heteroatoms. The van der Waals surface area contributed by atoms with Gasteiger partial charge in [-0.2, -0.15) is 5.10 Å². The molecule has 0 aliphatic carbocycles. The Morgan fingerprint density at radius 3 is 2.55 bits per heavy atom. The summed E-state index contributed by atoms with van der Waals surface area (Å²) in [6.07, 6.45) is 1.36. The Morgan fingerprint density at radius 2 is 1.81 bits per heavy atom. The van der Waals surface area contributed by atoms with Gasteiger partial charge in [-0.3, -0.25) is 9.59 Å². The van der Waals surface area contributed by atoms with Gasteiger partial charge in [0.05, 0.1) is 11.2 Å². The van der Waals surface area contributed by atoms with Crippen LogP contribution >= 0.6 is 11.6 Å². The molecule has 3 rings (SSSR count). The molecule has 3 aromatic rings. The number of hydrogen-bond donors (Lipinski definition) is 2. The van der Waals surface area contributed by atoms with E-state index in [4.69, 9.17) is 16.3 Å². The lowest BCUT2D eigenvalue weighted by molar-refractivity contribution is -0.136. The standard InChI is InChI=1S/C23H19ClFN3O3/c1-15-8-10-17(11-9-15)27-22(29)23(30)28-26-13-16-4-2-5-18(12-16)31-14-19-20(24)6-3-7-21(19)25/h2-13H,14H2,1H3,(H,27,29)(H,28,30). The van der Waals surface area contributed by atoms with Crippen LogP contribution in [0.4, 0.5) is 10.1 Å². The molecule has 0 aromatic heterocycles. The van der Waals surface area contributed by atoms with Crippen molar-refractivity contribution in [2.75, 3.05) is 5.32 Å². The van der Waals surface area contributed by atoms with Gasteiger partial charge in [-0.05, 0) is 48.9 Å². The Hall–Kier alpha value is -3.71. The van der Waals surface area contributed by atoms with Crippen LogP contribution in [0.3, 0.4) is 0 Å². The van der Waals surface area contributed by atoms with Crippen LogP contribution in [0.5, 0.6) is 5.75 Å². The minimum absolute atomic E-state index is 0.0397. The molecule has 3 aromatic carbocycles. The van der Waals surface area contributed by atoms with Gasteiger partial charge in [0.1, 0.15) is 18.2 Å². The van der Waals surface area contributed by atoms with Crippen LogP contribution in [0, 0.1) is 12.7 Å². The smallest absolute Gasteiger partial charge is 0.329 e. The topological polar surface area (TPSA) is 79.8 Å². The van der Waals surface area contributed by atoms with Gasteiger partial charge in [-0.15, -0.1) is 0 Å². The second kappa shape index (κ2) is 10.4. The fourth-order valence-corrected chi connectivity index (χ4v) is 2.77. The van der Waals surface area contributed by atoms with Crippen molar-refractivity contribution >= 4 is 35.3 Å². The molecule has 158 valence electrons. The maximum absolute atomic E-state index is 13.8. The van der Waals surface area contributed by atoms with E-state index in [2.05, 4.69) is 15.8 Å². The van der Waals surface area contributed by atoms with E-state index in [0.29, 0.717) is 17.0 Å². The molecule has 0 fully saturated rings. The predicted octanol–water partition coefficient (Wildman–Crippen LogP) is 4.46. The van der Waals surface area contributed by atoms with E-state index in [1.807, 2.05) is 19.1 Å². The van der Waals surface area contributed by atoms with Crippen molar-refractivity contribution in [2.24, 2.45) is 5.10 Å². The number of aryl methyl sites for hydroxylation is 1. The number of carbonyl (C=O) groups is 2. The summed E-state index contributed by atoms with van der Waals surface area (Å²) in [6, 6.07) is 18.2. The van der Waals surface area contributed by atoms with Gasteiger partial charge >= 0.3 is 11.8 Å². The van der Waals surface area contributed by atoms with Crippen molar-refractivity contribution in [1.29, 1.82) is 0 Å². The Bertz CT molecular complexity index is 1100. The number of rotatable bonds is 6. The fourth-order valence-electron chi connectivity index (χ4n) is 2.55. The largest absolute Gasteiger partial charge is 0.489 e. The van der Waals surface area contributed by atoms with Crippen molar-refractivity contribution in [3.63, 3.8) is 0 Å². The molecule has 31 heavy (non-hydrogen) atoms. The maximum Gasteiger partial charge on any atom is 0.329 e. The molecule has 0 unspecified atom stereocenters. The normalized spacial score (nSPS) is 10.7. The zero-order valence-electron chi connectivity index (χ0n) is 16.6. The summed E-state index contributed by atoms with van der Waals surface area (Å²) in [7, 11) is 0. The monoisotopic (exact) mass is 439 g/mol. The molecule has 0 saturated heterocycles. The molecule has 2 amide bonds. The van der Waals surface area contributed by atoms with E-state index < -0.39 is 17.6 Å². The van der Waals surface area contributed by atoms with Crippen LogP contribution in [-0.2, 0) is 16.2 Å². The van der Waals surface area contributed by atoms with E-state index in [1.165, 1.54) is 18.3 Å². The Morgan fingerprint density at radius 1 is 1.06 bits per heavy atom. The number of hydrazone groups is 1. The zero-order valence-corrected chi connectivity index (χ0v) is 17.3. The lowest BCUT2D eigenvalue weighted by Gasteiger charge is -2.09. The number of nitrogens with zero attached hydrogens (tertiary/aromatic N) is 1. The van der Waals surface area contributed by atoms with Gasteiger partial charge < -0.3 is 10.1 Å². The second-order valence-corrected chi connectivity index (χ2v) is 6.99. The summed E-state index contributed by atoms with van der Waals surface area (Å²) in [6.45, 7) is 1.88. The molecule has 6 nitrogen and oxygen atoms in total. The quantitative estimate of drug-likeness (QED) is 0.338. The molecule has 0 radical (unpaired) electrons. The first-order valence-electron chi connectivity index (χ1n) is 9.29. The van der Waals surface area contributed by atoms with Crippen molar-refractivity contribution < 1.29 is 18.7 Å². The molecule has 0 atom stereocenters. The lowest BCUT2D eigenvalue weighted by Crippen LogP contribution is -2.32. The van der Waals surface area contributed by atoms with Crippen molar-refractivity contribution in [1.82, 2.24) is 5.43 Å². The fraction of sp³-hybridized carbons (Fsp3) is 0.0870. The number of hydrogen-bond acceptors (Lipinski definition) is 4. The van der Waals surface area contributed by atoms with Crippen LogP contribution in [0.15, 0.2) is 71.8 Å². The van der Waals surface area contributed by atoms with Gasteiger partial charge in [0.15, 0.2) is 0 Å². The maximum atomic E-state index is 13.8. The first kappa shape index (κ1) is 22.0. The summed E-state index contributed by atoms with van der Waals surface area (Å²) >= 11 is 5.99. The number of ether oxygens (including phenoxy) is 1. The van der Waals surface area contributed by atoms with Gasteiger partial charge in [-0.1, -0.05) is 47.5 Å². The predicted molar refractivity (Wildman–Crippen MR) is 118 cm³/mol. The minimum atomic E-state index is -0.904. The SMILES string of the molecule is Cc1ccc(NC(=O)C(=O)NN=Cc2cccc(OCc3c(F)cccc3Cl)c2)cc1. The number of nitrogens with one attached hydrogen (secondary N) is 2. The number of halogens is 2. The number of anilines is 1. The highest BCUT2D eigenvalue weighted by Gasteiger charge is 2.12. The van der Waals surface area contributed by atoms with Crippen LogP contribution < -0.4 is 15.5 Å². The minimum Gasteiger partial charge on any atom is -0.489 e. The molecule has 0 heterocycles. The van der Waals surface area contributed by atoms with Crippen molar-refractivity contribution in [3.8, 4) is 5.75 Å².